The number of methoxy groups -OCH3 is 2. The molecule has 5 rings (SSSR count). The molecule has 1 aliphatic carbocycles. The van der Waals surface area contributed by atoms with Crippen molar-refractivity contribution in [2.45, 2.75) is 23.3 Å². The minimum absolute atomic E-state index is 0.310. The second-order valence-electron chi connectivity index (χ2n) is 7.94. The molecule has 34 heavy (non-hydrogen) atoms. The molecule has 2 aromatic heterocycles. The summed E-state index contributed by atoms with van der Waals surface area (Å²) in [5.74, 6) is 3.02. The molecule has 1 saturated carbocycles. The number of aromatic nitrogens is 4. The van der Waals surface area contributed by atoms with Crippen LogP contribution in [0.5, 0.6) is 11.6 Å². The predicted octanol–water partition coefficient (Wildman–Crippen LogP) is 4.68. The number of thioether (sulfide) groups is 1. The Balaban J connectivity index is 1.39. The number of fused-ring (bicyclic) bond motifs is 1. The Labute approximate surface area is 200 Å². The van der Waals surface area contributed by atoms with E-state index in [-0.39, 0.29) is 0 Å². The van der Waals surface area contributed by atoms with Crippen molar-refractivity contribution in [3.8, 4) is 11.6 Å². The quantitative estimate of drug-likeness (QED) is 0.236. The van der Waals surface area contributed by atoms with E-state index in [0.717, 1.165) is 39.4 Å². The van der Waals surface area contributed by atoms with E-state index >= 15 is 0 Å². The molecule has 2 heterocycles. The van der Waals surface area contributed by atoms with Crippen molar-refractivity contribution in [1.29, 1.82) is 0 Å². The highest BCUT2D eigenvalue weighted by Gasteiger charge is 2.41. The summed E-state index contributed by atoms with van der Waals surface area (Å²) in [6.45, 7) is 0. The van der Waals surface area contributed by atoms with Crippen molar-refractivity contribution in [3.63, 3.8) is 0 Å². The molecule has 1 aliphatic rings. The van der Waals surface area contributed by atoms with Gasteiger partial charge in [-0.2, -0.15) is 5.10 Å². The van der Waals surface area contributed by atoms with Gasteiger partial charge in [0, 0.05) is 11.1 Å². The van der Waals surface area contributed by atoms with Crippen LogP contribution in [0.25, 0.3) is 10.9 Å². The molecule has 0 spiro atoms. The summed E-state index contributed by atoms with van der Waals surface area (Å²) in [5, 5.41) is 15.3. The summed E-state index contributed by atoms with van der Waals surface area (Å²) in [6.07, 6.45) is 5.34. The van der Waals surface area contributed by atoms with Crippen molar-refractivity contribution in [3.05, 3.63) is 53.7 Å². The van der Waals surface area contributed by atoms with E-state index in [0.29, 0.717) is 35.8 Å². The van der Waals surface area contributed by atoms with Crippen LogP contribution >= 0.6 is 11.8 Å². The number of rotatable bonds is 9. The summed E-state index contributed by atoms with van der Waals surface area (Å²) < 4.78 is 10.8. The van der Waals surface area contributed by atoms with Crippen molar-refractivity contribution < 1.29 is 14.3 Å². The number of nitrogens with zero attached hydrogens (tertiary/aromatic N) is 3. The van der Waals surface area contributed by atoms with Crippen LogP contribution in [-0.2, 0) is 4.79 Å². The maximum absolute atomic E-state index is 11.1. The zero-order valence-corrected chi connectivity index (χ0v) is 19.8. The monoisotopic (exact) mass is 476 g/mol. The number of carbonyl (C=O) groups is 1. The number of H-pyrrole nitrogens is 1. The van der Waals surface area contributed by atoms with Crippen LogP contribution in [0.3, 0.4) is 0 Å². The maximum atomic E-state index is 11.1. The lowest BCUT2D eigenvalue weighted by molar-refractivity contribution is -0.105. The van der Waals surface area contributed by atoms with Crippen molar-refractivity contribution in [1.82, 2.24) is 20.2 Å². The molecule has 2 atom stereocenters. The molecule has 1 fully saturated rings. The minimum atomic E-state index is 0.310. The molecule has 0 aliphatic heterocycles. The van der Waals surface area contributed by atoms with E-state index in [1.807, 2.05) is 24.5 Å². The summed E-state index contributed by atoms with van der Waals surface area (Å²) in [4.78, 5) is 19.9. The van der Waals surface area contributed by atoms with E-state index in [1.165, 1.54) is 17.3 Å². The van der Waals surface area contributed by atoms with Crippen LogP contribution in [0.15, 0.2) is 47.6 Å². The first-order chi connectivity index (χ1) is 16.6. The van der Waals surface area contributed by atoms with Crippen LogP contribution in [0.1, 0.15) is 29.4 Å². The summed E-state index contributed by atoms with van der Waals surface area (Å²) >= 11 is 1.50. The standard InChI is InChI=1S/C24H24N6O3S/c1-32-14-5-7-19(26-12-31)18(9-14)17-10-16(17)13-4-6-15-20(8-13)29-30-22(15)28-23-24(33-2)27-21(34-3)11-25-23/h4-9,11-12,16-17H,10H2,1-3H3,(H,26,31)(H2,25,28,29,30). The lowest BCUT2D eigenvalue weighted by Gasteiger charge is -2.11. The van der Waals surface area contributed by atoms with Crippen LogP contribution in [0, 0.1) is 0 Å². The zero-order valence-electron chi connectivity index (χ0n) is 19.0. The van der Waals surface area contributed by atoms with Crippen LogP contribution < -0.4 is 20.1 Å². The fourth-order valence-corrected chi connectivity index (χ4v) is 4.57. The molecule has 1 amide bonds. The average Bonchev–Trinajstić information content (AvgIpc) is 3.58. The van der Waals surface area contributed by atoms with E-state index in [2.05, 4.69) is 49.0 Å². The molecule has 10 heteroatoms. The molecule has 2 aromatic carbocycles. The molecule has 4 aromatic rings. The molecule has 2 unspecified atom stereocenters. The second-order valence-corrected chi connectivity index (χ2v) is 8.76. The Morgan fingerprint density at radius 3 is 2.76 bits per heavy atom. The third-order valence-corrected chi connectivity index (χ3v) is 6.65. The van der Waals surface area contributed by atoms with Gasteiger partial charge in [-0.05, 0) is 66.0 Å². The lowest BCUT2D eigenvalue weighted by Crippen LogP contribution is -2.01. The third-order valence-electron chi connectivity index (χ3n) is 6.04. The van der Waals surface area contributed by atoms with Gasteiger partial charge in [-0.3, -0.25) is 9.89 Å². The summed E-state index contributed by atoms with van der Waals surface area (Å²) in [7, 11) is 3.21. The second kappa shape index (κ2) is 9.22. The first-order valence-corrected chi connectivity index (χ1v) is 12.0. The first-order valence-electron chi connectivity index (χ1n) is 10.7. The molecule has 0 radical (unpaired) electrons. The van der Waals surface area contributed by atoms with Crippen LogP contribution in [-0.4, -0.2) is 47.1 Å². The van der Waals surface area contributed by atoms with E-state index < -0.39 is 0 Å². The highest BCUT2D eigenvalue weighted by Crippen LogP contribution is 2.57. The maximum Gasteiger partial charge on any atom is 0.258 e. The predicted molar refractivity (Wildman–Crippen MR) is 133 cm³/mol. The van der Waals surface area contributed by atoms with Gasteiger partial charge in [-0.15, -0.1) is 11.8 Å². The van der Waals surface area contributed by atoms with Gasteiger partial charge in [0.2, 0.25) is 6.41 Å². The minimum Gasteiger partial charge on any atom is -0.497 e. The SMILES string of the molecule is COc1ccc(NC=O)c(C2CC2c2ccc3c(Nc4ncc(SC)nc4OC)n[nH]c3c2)c1. The topological polar surface area (TPSA) is 114 Å². The number of carbonyl (C=O) groups excluding carboxylic acids is 1. The van der Waals surface area contributed by atoms with E-state index in [4.69, 9.17) is 9.47 Å². The van der Waals surface area contributed by atoms with Gasteiger partial charge in [0.25, 0.3) is 5.88 Å². The normalized spacial score (nSPS) is 16.8. The molecular formula is C24H24N6O3S. The number of aromatic amines is 1. The zero-order chi connectivity index (χ0) is 23.7. The fourth-order valence-electron chi connectivity index (χ4n) is 4.24. The number of hydrogen-bond donors (Lipinski definition) is 3. The van der Waals surface area contributed by atoms with Gasteiger partial charge < -0.3 is 20.1 Å². The number of nitrogens with one attached hydrogen (secondary N) is 3. The van der Waals surface area contributed by atoms with Crippen molar-refractivity contribution >= 4 is 46.4 Å². The smallest absolute Gasteiger partial charge is 0.258 e. The highest BCUT2D eigenvalue weighted by molar-refractivity contribution is 7.98. The third kappa shape index (κ3) is 4.12. The van der Waals surface area contributed by atoms with Crippen LogP contribution in [0.4, 0.5) is 17.3 Å². The lowest BCUT2D eigenvalue weighted by atomic mass is 10.0. The Bertz CT molecular complexity index is 1360. The molecule has 0 bridgehead atoms. The summed E-state index contributed by atoms with van der Waals surface area (Å²) in [6, 6.07) is 12.1. The first kappa shape index (κ1) is 22.0. The molecule has 0 saturated heterocycles. The number of benzene rings is 2. The van der Waals surface area contributed by atoms with Gasteiger partial charge in [-0.25, -0.2) is 9.97 Å². The van der Waals surface area contributed by atoms with Gasteiger partial charge in [0.05, 0.1) is 25.9 Å². The fraction of sp³-hybridized carbons (Fsp3) is 0.250. The van der Waals surface area contributed by atoms with Gasteiger partial charge in [-0.1, -0.05) is 6.07 Å². The Hall–Kier alpha value is -3.79. The molecular weight excluding hydrogens is 452 g/mol. The number of ether oxygens (including phenoxy) is 2. The van der Waals surface area contributed by atoms with E-state index in [1.54, 1.807) is 20.4 Å². The van der Waals surface area contributed by atoms with Crippen molar-refractivity contribution in [2.75, 3.05) is 31.1 Å². The Kier molecular flexibility index (Phi) is 5.97. The largest absolute Gasteiger partial charge is 0.497 e. The number of amides is 1. The molecule has 9 nitrogen and oxygen atoms in total. The van der Waals surface area contributed by atoms with Crippen molar-refractivity contribution in [2.24, 2.45) is 0 Å². The number of anilines is 3. The summed E-state index contributed by atoms with van der Waals surface area (Å²) in [5.41, 5.74) is 4.05. The Morgan fingerprint density at radius 1 is 1.12 bits per heavy atom. The highest BCUT2D eigenvalue weighted by atomic mass is 32.2. The van der Waals surface area contributed by atoms with Crippen LogP contribution in [0.2, 0.25) is 0 Å². The van der Waals surface area contributed by atoms with Gasteiger partial charge in [0.15, 0.2) is 11.6 Å². The molecule has 3 N–H and O–H groups in total. The van der Waals surface area contributed by atoms with Gasteiger partial charge in [0.1, 0.15) is 10.8 Å². The Morgan fingerprint density at radius 2 is 2.00 bits per heavy atom. The van der Waals surface area contributed by atoms with E-state index in [9.17, 15) is 4.79 Å². The number of hydrogen-bond acceptors (Lipinski definition) is 8. The molecule has 174 valence electrons. The van der Waals surface area contributed by atoms with Gasteiger partial charge >= 0.3 is 0 Å². The average molecular weight is 477 g/mol.